The Morgan fingerprint density at radius 1 is 0.548 bits per heavy atom. The molecule has 0 unspecified atom stereocenters. The van der Waals surface area contributed by atoms with E-state index in [1.807, 2.05) is 0 Å². The summed E-state index contributed by atoms with van der Waals surface area (Å²) in [5.41, 5.74) is -0.0216. The third-order valence-electron chi connectivity index (χ3n) is 19.8. The molecule has 0 aromatic rings. The Kier molecular flexibility index (Phi) is 17.1. The molecule has 4 aliphatic carbocycles. The lowest BCUT2D eigenvalue weighted by atomic mass is 9.44. The van der Waals surface area contributed by atoms with Crippen LogP contribution in [0, 0.1) is 46.3 Å². The van der Waals surface area contributed by atoms with E-state index in [0.29, 0.717) is 42.9 Å². The molecule has 0 aromatic carbocycles. The molecule has 0 radical (unpaired) electrons. The second-order valence-corrected chi connectivity index (χ2v) is 23.8. The smallest absolute Gasteiger partial charge is 0.187 e. The second-order valence-electron chi connectivity index (χ2n) is 23.8. The Morgan fingerprint density at radius 3 is 1.77 bits per heavy atom. The summed E-state index contributed by atoms with van der Waals surface area (Å²) in [4.78, 5) is 0. The lowest BCUT2D eigenvalue weighted by Gasteiger charge is -2.61. The van der Waals surface area contributed by atoms with Crippen molar-refractivity contribution < 1.29 is 114 Å². The van der Waals surface area contributed by atoms with Gasteiger partial charge in [-0.3, -0.25) is 0 Å². The van der Waals surface area contributed by atoms with Gasteiger partial charge in [-0.25, -0.2) is 0 Å². The normalized spacial score (nSPS) is 56.6. The summed E-state index contributed by atoms with van der Waals surface area (Å²) in [7, 11) is 0. The predicted molar refractivity (Wildman–Crippen MR) is 246 cm³/mol. The molecule has 23 heteroatoms. The van der Waals surface area contributed by atoms with Gasteiger partial charge in [0.25, 0.3) is 0 Å². The molecule has 9 aliphatic rings. The lowest BCUT2D eigenvalue weighted by Crippen LogP contribution is -2.66. The van der Waals surface area contributed by atoms with Crippen LogP contribution in [0.5, 0.6) is 0 Å². The maximum absolute atomic E-state index is 12.1. The Hall–Kier alpha value is -0.920. The molecular formula is C50H84O23. The molecule has 14 N–H and O–H groups in total. The van der Waals surface area contributed by atoms with Gasteiger partial charge < -0.3 is 114 Å². The van der Waals surface area contributed by atoms with E-state index in [2.05, 4.69) is 20.8 Å². The maximum Gasteiger partial charge on any atom is 0.187 e. The molecule has 4 saturated carbocycles. The monoisotopic (exact) mass is 1050 g/mol. The van der Waals surface area contributed by atoms with E-state index in [0.717, 1.165) is 38.5 Å². The highest BCUT2D eigenvalue weighted by atomic mass is 16.8. The van der Waals surface area contributed by atoms with Crippen LogP contribution >= 0.6 is 0 Å². The van der Waals surface area contributed by atoms with Gasteiger partial charge in [-0.2, -0.15) is 0 Å². The van der Waals surface area contributed by atoms with Gasteiger partial charge in [-0.05, 0) is 112 Å². The largest absolute Gasteiger partial charge is 0.394 e. The van der Waals surface area contributed by atoms with Crippen LogP contribution < -0.4 is 0 Å². The standard InChI is InChI=1S/C50H84O23/c1-19(65-44-39(61)35(57)33(55)28(16-51)68-44)8-13-50(64)20(2)31-27(73-50)15-26-24-7-6-22-14-23(9-11-48(22,4)25(24)10-12-49(26,31)5)67-45-41(63)38(60)42(30(18-53)70-45)71-47-43(37(59)32(54)21(3)66-47)72-46-40(62)36(58)34(56)29(17-52)69-46/h19-47,51-64H,6-18H2,1-5H3/t19-,20+,21+,22-,23-,24-,25+,26-,27+,28-,29-,30-,31+,32+,33-,34-,35+,36+,37-,38-,39-,40-,41-,42-,43-,44-,45-,46+,47+,48-,49-,50-/m1/s1. The summed E-state index contributed by atoms with van der Waals surface area (Å²) >= 11 is 0. The van der Waals surface area contributed by atoms with Crippen molar-refractivity contribution in [1.29, 1.82) is 0 Å². The third-order valence-corrected chi connectivity index (χ3v) is 19.8. The maximum atomic E-state index is 12.1. The van der Waals surface area contributed by atoms with E-state index in [9.17, 15) is 71.5 Å². The van der Waals surface area contributed by atoms with Crippen molar-refractivity contribution >= 4 is 0 Å². The van der Waals surface area contributed by atoms with E-state index in [1.54, 1.807) is 6.92 Å². The Balaban J connectivity index is 0.789. The molecule has 5 heterocycles. The van der Waals surface area contributed by atoms with Gasteiger partial charge in [-0.15, -0.1) is 0 Å². The van der Waals surface area contributed by atoms with Gasteiger partial charge in [0.1, 0.15) is 91.6 Å². The van der Waals surface area contributed by atoms with Gasteiger partial charge in [0, 0.05) is 12.3 Å². The van der Waals surface area contributed by atoms with Crippen molar-refractivity contribution in [3.8, 4) is 0 Å². The van der Waals surface area contributed by atoms with Crippen molar-refractivity contribution in [3.05, 3.63) is 0 Å². The fraction of sp³-hybridized carbons (Fsp3) is 1.00. The number of hydrogen-bond donors (Lipinski definition) is 14. The minimum Gasteiger partial charge on any atom is -0.394 e. The number of ether oxygens (including phenoxy) is 9. The Labute approximate surface area is 425 Å². The van der Waals surface area contributed by atoms with Gasteiger partial charge in [0.2, 0.25) is 0 Å². The average Bonchev–Trinajstić information content (AvgIpc) is 3.81. The zero-order chi connectivity index (χ0) is 52.8. The van der Waals surface area contributed by atoms with Crippen LogP contribution in [0.3, 0.4) is 0 Å². The summed E-state index contributed by atoms with van der Waals surface area (Å²) in [6, 6.07) is 0. The average molecular weight is 1050 g/mol. The summed E-state index contributed by atoms with van der Waals surface area (Å²) < 4.78 is 53.9. The van der Waals surface area contributed by atoms with Gasteiger partial charge in [0.15, 0.2) is 30.9 Å². The highest BCUT2D eigenvalue weighted by Gasteiger charge is 2.68. The van der Waals surface area contributed by atoms with E-state index in [4.69, 9.17) is 42.6 Å². The minimum atomic E-state index is -1.87. The molecule has 0 spiro atoms. The minimum absolute atomic E-state index is 0.0216. The fourth-order valence-corrected chi connectivity index (χ4v) is 15.5. The molecule has 0 bridgehead atoms. The Morgan fingerprint density at radius 2 is 1.11 bits per heavy atom. The van der Waals surface area contributed by atoms with Crippen molar-refractivity contribution in [2.24, 2.45) is 46.3 Å². The van der Waals surface area contributed by atoms with Crippen molar-refractivity contribution in [3.63, 3.8) is 0 Å². The Bertz CT molecular complexity index is 1830. The molecule has 32 atom stereocenters. The summed E-state index contributed by atoms with van der Waals surface area (Å²) in [6.07, 6.45) is -23.6. The molecule has 5 aliphatic heterocycles. The quantitative estimate of drug-likeness (QED) is 0.0763. The van der Waals surface area contributed by atoms with E-state index in [1.165, 1.54) is 6.92 Å². The van der Waals surface area contributed by atoms with Crippen LogP contribution in [0.4, 0.5) is 0 Å². The van der Waals surface area contributed by atoms with Gasteiger partial charge >= 0.3 is 0 Å². The van der Waals surface area contributed by atoms with Gasteiger partial charge in [-0.1, -0.05) is 20.8 Å². The van der Waals surface area contributed by atoms with Crippen molar-refractivity contribution in [2.45, 2.75) is 246 Å². The molecule has 9 fully saturated rings. The first-order valence-corrected chi connectivity index (χ1v) is 26.8. The summed E-state index contributed by atoms with van der Waals surface area (Å²) in [5, 5.41) is 149. The highest BCUT2D eigenvalue weighted by molar-refractivity contribution is 5.15. The van der Waals surface area contributed by atoms with Crippen LogP contribution in [-0.4, -0.2) is 238 Å². The first-order valence-electron chi connectivity index (χ1n) is 26.8. The summed E-state index contributed by atoms with van der Waals surface area (Å²) in [6.45, 7) is 8.10. The first kappa shape index (κ1) is 56.8. The van der Waals surface area contributed by atoms with Crippen LogP contribution in [0.25, 0.3) is 0 Å². The molecule has 73 heavy (non-hydrogen) atoms. The SMILES string of the molecule is C[C@H](CC[C@@]1(O)O[C@H]2C[C@@H]3[C@@H]4CC[C@@H]5C[C@H](O[C@@H]6O[C@H](CO)[C@@H](O[C@@H]7O[C@@H](C)[C@H](O)[C@@H](O)[C@H]7O[C@@H]7O[C@H](CO)[C@@H](O)[C@H](O)[C@H]7O)[C@H](O)[C@H]6O)CC[C@@]5(C)[C@H]4CC[C@@]3(C)[C@H]2[C@@H]1C)O[C@@H]1O[C@H](CO)[C@@H](O)[C@H](O)[C@H]1O. The zero-order valence-electron chi connectivity index (χ0n) is 42.4. The van der Waals surface area contributed by atoms with E-state index >= 15 is 0 Å². The van der Waals surface area contributed by atoms with Gasteiger partial charge in [0.05, 0.1) is 44.2 Å². The number of rotatable bonds is 14. The second kappa shape index (κ2) is 22.0. The van der Waals surface area contributed by atoms with E-state index < -0.39 is 155 Å². The number of hydrogen-bond acceptors (Lipinski definition) is 23. The molecule has 0 amide bonds. The molecule has 5 saturated heterocycles. The fourth-order valence-electron chi connectivity index (χ4n) is 15.5. The first-order chi connectivity index (χ1) is 34.5. The van der Waals surface area contributed by atoms with Crippen LogP contribution in [0.15, 0.2) is 0 Å². The molecule has 9 rings (SSSR count). The number of fused-ring (bicyclic) bond motifs is 7. The molecule has 0 aromatic heterocycles. The molecular weight excluding hydrogens is 969 g/mol. The summed E-state index contributed by atoms with van der Waals surface area (Å²) in [5.74, 6) is 0.266. The third kappa shape index (κ3) is 10.1. The van der Waals surface area contributed by atoms with Crippen molar-refractivity contribution in [2.75, 3.05) is 19.8 Å². The van der Waals surface area contributed by atoms with Crippen LogP contribution in [-0.2, 0) is 42.6 Å². The highest BCUT2D eigenvalue weighted by Crippen LogP contribution is 2.71. The molecule has 23 nitrogen and oxygen atoms in total. The van der Waals surface area contributed by atoms with Crippen molar-refractivity contribution in [1.82, 2.24) is 0 Å². The molecule has 422 valence electrons. The lowest BCUT2D eigenvalue weighted by molar-refractivity contribution is -0.388. The zero-order valence-corrected chi connectivity index (χ0v) is 42.4. The van der Waals surface area contributed by atoms with Crippen LogP contribution in [0.1, 0.15) is 98.8 Å². The number of aliphatic hydroxyl groups is 14. The topological polar surface area (TPSA) is 366 Å². The van der Waals surface area contributed by atoms with E-state index in [-0.39, 0.29) is 41.3 Å². The predicted octanol–water partition coefficient (Wildman–Crippen LogP) is -3.17. The van der Waals surface area contributed by atoms with Crippen LogP contribution in [0.2, 0.25) is 0 Å². The number of aliphatic hydroxyl groups excluding tert-OH is 13.